The van der Waals surface area contributed by atoms with Crippen molar-refractivity contribution in [3.8, 4) is 0 Å². The van der Waals surface area contributed by atoms with Gasteiger partial charge < -0.3 is 29.7 Å². The van der Waals surface area contributed by atoms with E-state index in [0.717, 1.165) is 30.6 Å². The van der Waals surface area contributed by atoms with E-state index in [9.17, 15) is 19.2 Å². The fourth-order valence-corrected chi connectivity index (χ4v) is 7.40. The normalized spacial score (nSPS) is 26.4. The van der Waals surface area contributed by atoms with Crippen molar-refractivity contribution >= 4 is 17.1 Å². The molecule has 0 aromatic heterocycles. The van der Waals surface area contributed by atoms with Crippen molar-refractivity contribution < 1.29 is 33.4 Å². The Kier molecular flexibility index (Phi) is 9.88. The van der Waals surface area contributed by atoms with Crippen LogP contribution in [0, 0.1) is 12.8 Å². The number of fused-ring (bicyclic) bond motifs is 1. The Morgan fingerprint density at radius 3 is 2.73 bits per heavy atom. The lowest BCUT2D eigenvalue weighted by Gasteiger charge is -2.32. The van der Waals surface area contributed by atoms with E-state index in [-0.39, 0.29) is 31.4 Å². The standard InChI is InChI=1S/C30H40N2O7S/c1-20-7-8-26(15-23(20)18-33)40(36)32(24-10-11-37-19-24)17-28(34)27(13-21-5-3-2-4-6-21)31-30(35)39-25-14-22-9-12-38-29(22)16-25/h2-8,15,22,24-25,27-29,33-34H,9-14,16-19H2,1H3,(H,31,35)/t22-,24?,25+,27-,28+,29+,40?/m0/s1. The van der Waals surface area contributed by atoms with Gasteiger partial charge in [-0.25, -0.2) is 13.3 Å². The molecule has 2 saturated heterocycles. The topological polar surface area (TPSA) is 118 Å². The molecule has 7 atom stereocenters. The molecule has 1 saturated carbocycles. The number of nitrogens with zero attached hydrogens (tertiary/aromatic N) is 1. The average molecular weight is 573 g/mol. The van der Waals surface area contributed by atoms with Gasteiger partial charge in [-0.2, -0.15) is 0 Å². The number of hydrogen-bond acceptors (Lipinski definition) is 7. The number of carbonyl (C=O) groups excluding carboxylic acids is 1. The van der Waals surface area contributed by atoms with E-state index in [1.54, 1.807) is 16.4 Å². The molecule has 2 aliphatic heterocycles. The molecule has 3 fully saturated rings. The molecule has 1 amide bonds. The minimum Gasteiger partial charge on any atom is -0.446 e. The Morgan fingerprint density at radius 2 is 2.00 bits per heavy atom. The number of hydrogen-bond donors (Lipinski definition) is 3. The molecule has 3 N–H and O–H groups in total. The Hall–Kier alpha value is -2.34. The molecular formula is C30H40N2O7S. The minimum absolute atomic E-state index is 0.0577. The summed E-state index contributed by atoms with van der Waals surface area (Å²) in [6.45, 7) is 3.54. The molecule has 2 heterocycles. The molecule has 2 aromatic rings. The fraction of sp³-hybridized carbons (Fsp3) is 0.567. The van der Waals surface area contributed by atoms with Gasteiger partial charge in [0.05, 0.1) is 36.4 Å². The summed E-state index contributed by atoms with van der Waals surface area (Å²) in [6, 6.07) is 14.2. The summed E-state index contributed by atoms with van der Waals surface area (Å²) in [4.78, 5) is 13.6. The number of alkyl carbamates (subject to hydrolysis) is 1. The van der Waals surface area contributed by atoms with E-state index in [1.165, 1.54) is 0 Å². The van der Waals surface area contributed by atoms with Crippen molar-refractivity contribution in [2.75, 3.05) is 26.4 Å². The van der Waals surface area contributed by atoms with Crippen LogP contribution in [0.3, 0.4) is 0 Å². The maximum Gasteiger partial charge on any atom is 0.407 e. The highest BCUT2D eigenvalue weighted by Gasteiger charge is 2.41. The molecule has 10 heteroatoms. The van der Waals surface area contributed by atoms with E-state index < -0.39 is 29.2 Å². The monoisotopic (exact) mass is 572 g/mol. The first-order chi connectivity index (χ1) is 19.4. The zero-order valence-electron chi connectivity index (χ0n) is 22.9. The lowest BCUT2D eigenvalue weighted by molar-refractivity contribution is 0.0542. The first-order valence-electron chi connectivity index (χ1n) is 14.2. The van der Waals surface area contributed by atoms with E-state index in [4.69, 9.17) is 14.2 Å². The molecule has 2 unspecified atom stereocenters. The zero-order valence-corrected chi connectivity index (χ0v) is 23.8. The van der Waals surface area contributed by atoms with Gasteiger partial charge >= 0.3 is 6.09 Å². The second-order valence-corrected chi connectivity index (χ2v) is 12.5. The highest BCUT2D eigenvalue weighted by molar-refractivity contribution is 7.82. The van der Waals surface area contributed by atoms with Crippen molar-refractivity contribution in [1.82, 2.24) is 9.62 Å². The van der Waals surface area contributed by atoms with Crippen molar-refractivity contribution in [3.63, 3.8) is 0 Å². The van der Waals surface area contributed by atoms with Gasteiger partial charge in [0.25, 0.3) is 0 Å². The van der Waals surface area contributed by atoms with Crippen LogP contribution in [0.1, 0.15) is 42.4 Å². The summed E-state index contributed by atoms with van der Waals surface area (Å²) in [7, 11) is -1.61. The number of ether oxygens (including phenoxy) is 3. The Balaban J connectivity index is 1.31. The van der Waals surface area contributed by atoms with Crippen LogP contribution in [0.2, 0.25) is 0 Å². The minimum atomic E-state index is -1.61. The zero-order chi connectivity index (χ0) is 28.1. The van der Waals surface area contributed by atoms with Gasteiger partial charge in [0.1, 0.15) is 17.1 Å². The smallest absolute Gasteiger partial charge is 0.407 e. The van der Waals surface area contributed by atoms with Gasteiger partial charge in [-0.1, -0.05) is 36.4 Å². The predicted molar refractivity (Wildman–Crippen MR) is 150 cm³/mol. The largest absolute Gasteiger partial charge is 0.446 e. The maximum absolute atomic E-state index is 13.8. The highest BCUT2D eigenvalue weighted by atomic mass is 32.2. The van der Waals surface area contributed by atoms with Crippen LogP contribution in [0.15, 0.2) is 53.4 Å². The van der Waals surface area contributed by atoms with Crippen molar-refractivity contribution in [2.24, 2.45) is 5.92 Å². The SMILES string of the molecule is Cc1ccc(S(=O)N(C[C@@H](O)[C@H](Cc2ccccc2)NC(=O)O[C@@H]2C[C@@H]3CCO[C@@H]3C2)C2CCOC2)cc1CO. The first kappa shape index (κ1) is 29.2. The summed E-state index contributed by atoms with van der Waals surface area (Å²) in [5, 5.41) is 24.2. The number of rotatable bonds is 11. The number of aliphatic hydroxyl groups is 2. The van der Waals surface area contributed by atoms with E-state index in [1.807, 2.05) is 43.3 Å². The molecule has 5 rings (SSSR count). The number of nitrogens with one attached hydrogen (secondary N) is 1. The van der Waals surface area contributed by atoms with E-state index in [2.05, 4.69) is 5.32 Å². The van der Waals surface area contributed by atoms with Gasteiger partial charge in [-0.3, -0.25) is 0 Å². The number of aliphatic hydroxyl groups excluding tert-OH is 2. The second-order valence-electron chi connectivity index (χ2n) is 11.1. The lowest BCUT2D eigenvalue weighted by atomic mass is 10.0. The number of aryl methyl sites for hydroxylation is 1. The number of carbonyl (C=O) groups is 1. The molecule has 0 spiro atoms. The van der Waals surface area contributed by atoms with E-state index >= 15 is 0 Å². The van der Waals surface area contributed by atoms with E-state index in [0.29, 0.717) is 48.9 Å². The lowest BCUT2D eigenvalue weighted by Crippen LogP contribution is -2.52. The van der Waals surface area contributed by atoms with Crippen LogP contribution in [-0.4, -0.2) is 81.6 Å². The van der Waals surface area contributed by atoms with Crippen LogP contribution < -0.4 is 5.32 Å². The summed E-state index contributed by atoms with van der Waals surface area (Å²) >= 11 is 0. The molecule has 2 aromatic carbocycles. The van der Waals surface area contributed by atoms with Crippen LogP contribution in [-0.2, 0) is 38.2 Å². The number of amides is 1. The third-order valence-electron chi connectivity index (χ3n) is 8.33. The molecule has 0 bridgehead atoms. The van der Waals surface area contributed by atoms with Crippen LogP contribution >= 0.6 is 0 Å². The van der Waals surface area contributed by atoms with Gasteiger partial charge in [0.15, 0.2) is 0 Å². The molecule has 0 radical (unpaired) electrons. The predicted octanol–water partition coefficient (Wildman–Crippen LogP) is 2.87. The van der Waals surface area contributed by atoms with Gasteiger partial charge in [0.2, 0.25) is 0 Å². The second kappa shape index (κ2) is 13.5. The molecule has 40 heavy (non-hydrogen) atoms. The van der Waals surface area contributed by atoms with Crippen molar-refractivity contribution in [2.45, 2.75) is 80.9 Å². The van der Waals surface area contributed by atoms with Gasteiger partial charge in [-0.15, -0.1) is 0 Å². The van der Waals surface area contributed by atoms with Gasteiger partial charge in [0, 0.05) is 32.2 Å². The third-order valence-corrected chi connectivity index (χ3v) is 9.86. The molecule has 218 valence electrons. The maximum atomic E-state index is 13.8. The summed E-state index contributed by atoms with van der Waals surface area (Å²) in [5.74, 6) is 0.439. The van der Waals surface area contributed by atoms with Crippen molar-refractivity contribution in [3.05, 3.63) is 65.2 Å². The average Bonchev–Trinajstić information content (AvgIpc) is 3.71. The fourth-order valence-electron chi connectivity index (χ4n) is 5.98. The van der Waals surface area contributed by atoms with Crippen LogP contribution in [0.25, 0.3) is 0 Å². The number of benzene rings is 2. The Morgan fingerprint density at radius 1 is 1.18 bits per heavy atom. The molecular weight excluding hydrogens is 532 g/mol. The highest BCUT2D eigenvalue weighted by Crippen LogP contribution is 2.37. The van der Waals surface area contributed by atoms with Gasteiger partial charge in [-0.05, 0) is 67.3 Å². The molecule has 9 nitrogen and oxygen atoms in total. The van der Waals surface area contributed by atoms with Crippen LogP contribution in [0.5, 0.6) is 0 Å². The van der Waals surface area contributed by atoms with Crippen molar-refractivity contribution in [1.29, 1.82) is 0 Å². The Labute approximate surface area is 238 Å². The molecule has 1 aliphatic carbocycles. The third kappa shape index (κ3) is 7.10. The summed E-state index contributed by atoms with van der Waals surface area (Å²) in [5.41, 5.74) is 2.59. The summed E-state index contributed by atoms with van der Waals surface area (Å²) in [6.07, 6.45) is 1.93. The Bertz CT molecular complexity index is 1150. The molecule has 3 aliphatic rings. The quantitative estimate of drug-likeness (QED) is 0.379. The van der Waals surface area contributed by atoms with Crippen LogP contribution in [0.4, 0.5) is 4.79 Å². The summed E-state index contributed by atoms with van der Waals surface area (Å²) < 4.78 is 32.7. The first-order valence-corrected chi connectivity index (χ1v) is 15.3.